The van der Waals surface area contributed by atoms with Crippen molar-refractivity contribution in [1.82, 2.24) is 10.6 Å². The van der Waals surface area contributed by atoms with Crippen molar-refractivity contribution in [2.24, 2.45) is 0 Å². The van der Waals surface area contributed by atoms with Crippen LogP contribution in [0.1, 0.15) is 20.3 Å². The molecule has 0 aliphatic carbocycles. The highest BCUT2D eigenvalue weighted by molar-refractivity contribution is 5.85. The molecule has 0 bridgehead atoms. The number of amides is 1. The number of carbonyl (C=O) groups excluding carboxylic acids is 1. The third-order valence-corrected chi connectivity index (χ3v) is 2.07. The summed E-state index contributed by atoms with van der Waals surface area (Å²) in [6.07, 6.45) is 0.517. The van der Waals surface area contributed by atoms with E-state index in [2.05, 4.69) is 10.6 Å². The van der Waals surface area contributed by atoms with Gasteiger partial charge < -0.3 is 20.1 Å². The second-order valence-electron chi connectivity index (χ2n) is 3.46. The molecule has 0 aliphatic rings. The van der Waals surface area contributed by atoms with E-state index >= 15 is 0 Å². The summed E-state index contributed by atoms with van der Waals surface area (Å²) in [6, 6.07) is 0. The van der Waals surface area contributed by atoms with Gasteiger partial charge in [-0.15, -0.1) is 12.4 Å². The van der Waals surface area contributed by atoms with Crippen LogP contribution in [0.3, 0.4) is 0 Å². The lowest BCUT2D eigenvalue weighted by Gasteiger charge is -2.13. The van der Waals surface area contributed by atoms with E-state index in [1.54, 1.807) is 6.92 Å². The number of rotatable bonds is 10. The van der Waals surface area contributed by atoms with Crippen molar-refractivity contribution < 1.29 is 14.3 Å². The minimum Gasteiger partial charge on any atom is -0.379 e. The van der Waals surface area contributed by atoms with E-state index in [1.165, 1.54) is 0 Å². The van der Waals surface area contributed by atoms with Gasteiger partial charge in [-0.25, -0.2) is 0 Å². The molecule has 0 spiro atoms. The zero-order chi connectivity index (χ0) is 12.2. The largest absolute Gasteiger partial charge is 0.379 e. The van der Waals surface area contributed by atoms with E-state index < -0.39 is 6.10 Å². The SMILES string of the molecule is CCOCCOC(C)C(=O)NCCCNC.Cl. The Morgan fingerprint density at radius 1 is 1.29 bits per heavy atom. The zero-order valence-corrected chi connectivity index (χ0v) is 11.8. The van der Waals surface area contributed by atoms with Crippen molar-refractivity contribution in [3.05, 3.63) is 0 Å². The second kappa shape index (κ2) is 13.7. The summed E-state index contributed by atoms with van der Waals surface area (Å²) in [5, 5.41) is 5.83. The van der Waals surface area contributed by atoms with Crippen LogP contribution in [-0.4, -0.2) is 52.0 Å². The quantitative estimate of drug-likeness (QED) is 0.569. The van der Waals surface area contributed by atoms with Gasteiger partial charge in [0.05, 0.1) is 13.2 Å². The Kier molecular flexibility index (Phi) is 15.3. The highest BCUT2D eigenvalue weighted by atomic mass is 35.5. The van der Waals surface area contributed by atoms with Crippen molar-refractivity contribution in [3.63, 3.8) is 0 Å². The predicted octanol–water partition coefficient (Wildman–Crippen LogP) is 0.576. The lowest BCUT2D eigenvalue weighted by molar-refractivity contribution is -0.132. The molecule has 0 aromatic heterocycles. The summed E-state index contributed by atoms with van der Waals surface area (Å²) < 4.78 is 10.4. The van der Waals surface area contributed by atoms with Crippen LogP contribution in [0.25, 0.3) is 0 Å². The molecular formula is C11H25ClN2O3. The van der Waals surface area contributed by atoms with E-state index in [1.807, 2.05) is 14.0 Å². The molecule has 0 aliphatic heterocycles. The van der Waals surface area contributed by atoms with Gasteiger partial charge in [0.25, 0.3) is 0 Å². The average Bonchev–Trinajstić information content (AvgIpc) is 2.29. The van der Waals surface area contributed by atoms with Gasteiger partial charge in [-0.3, -0.25) is 4.79 Å². The maximum absolute atomic E-state index is 11.5. The highest BCUT2D eigenvalue weighted by Gasteiger charge is 2.11. The Morgan fingerprint density at radius 2 is 2.00 bits per heavy atom. The molecule has 5 nitrogen and oxygen atoms in total. The number of carbonyl (C=O) groups is 1. The van der Waals surface area contributed by atoms with Crippen molar-refractivity contribution in [2.75, 3.05) is 40.0 Å². The fraction of sp³-hybridized carbons (Fsp3) is 0.909. The van der Waals surface area contributed by atoms with Gasteiger partial charge in [-0.2, -0.15) is 0 Å². The van der Waals surface area contributed by atoms with E-state index in [9.17, 15) is 4.79 Å². The van der Waals surface area contributed by atoms with Crippen LogP contribution < -0.4 is 10.6 Å². The summed E-state index contributed by atoms with van der Waals surface area (Å²) in [5.41, 5.74) is 0. The van der Waals surface area contributed by atoms with E-state index in [-0.39, 0.29) is 18.3 Å². The van der Waals surface area contributed by atoms with Crippen LogP contribution >= 0.6 is 12.4 Å². The molecular weight excluding hydrogens is 244 g/mol. The first-order valence-electron chi connectivity index (χ1n) is 5.84. The van der Waals surface area contributed by atoms with Gasteiger partial charge in [-0.05, 0) is 33.9 Å². The number of hydrogen-bond donors (Lipinski definition) is 2. The Morgan fingerprint density at radius 3 is 2.59 bits per heavy atom. The van der Waals surface area contributed by atoms with Gasteiger partial charge in [-0.1, -0.05) is 0 Å². The number of nitrogens with one attached hydrogen (secondary N) is 2. The second-order valence-corrected chi connectivity index (χ2v) is 3.46. The predicted molar refractivity (Wildman–Crippen MR) is 70.7 cm³/mol. The molecule has 1 unspecified atom stereocenters. The number of hydrogen-bond acceptors (Lipinski definition) is 4. The molecule has 0 saturated carbocycles. The van der Waals surface area contributed by atoms with Gasteiger partial charge in [0, 0.05) is 13.2 Å². The molecule has 2 N–H and O–H groups in total. The van der Waals surface area contributed by atoms with Crippen molar-refractivity contribution in [2.45, 2.75) is 26.4 Å². The summed E-state index contributed by atoms with van der Waals surface area (Å²) in [5.74, 6) is -0.0624. The van der Waals surface area contributed by atoms with Crippen LogP contribution in [-0.2, 0) is 14.3 Å². The van der Waals surface area contributed by atoms with Gasteiger partial charge in [0.1, 0.15) is 6.10 Å². The molecule has 104 valence electrons. The average molecular weight is 269 g/mol. The summed E-state index contributed by atoms with van der Waals surface area (Å²) in [4.78, 5) is 11.5. The molecule has 6 heteroatoms. The van der Waals surface area contributed by atoms with E-state index in [4.69, 9.17) is 9.47 Å². The van der Waals surface area contributed by atoms with Gasteiger partial charge >= 0.3 is 0 Å². The smallest absolute Gasteiger partial charge is 0.248 e. The Hall–Kier alpha value is -0.360. The van der Waals surface area contributed by atoms with Crippen LogP contribution in [0.2, 0.25) is 0 Å². The normalized spacial score (nSPS) is 11.7. The van der Waals surface area contributed by atoms with Crippen LogP contribution in [0.4, 0.5) is 0 Å². The standard InChI is InChI=1S/C11H24N2O3.ClH/c1-4-15-8-9-16-10(2)11(14)13-7-5-6-12-3;/h10,12H,4-9H2,1-3H3,(H,13,14);1H. The topological polar surface area (TPSA) is 59.6 Å². The molecule has 0 rings (SSSR count). The maximum atomic E-state index is 11.5. The van der Waals surface area contributed by atoms with Crippen LogP contribution in [0.5, 0.6) is 0 Å². The zero-order valence-electron chi connectivity index (χ0n) is 11.0. The van der Waals surface area contributed by atoms with Crippen LogP contribution in [0, 0.1) is 0 Å². The lowest BCUT2D eigenvalue weighted by atomic mass is 10.3. The molecule has 0 aromatic rings. The molecule has 0 aromatic carbocycles. The van der Waals surface area contributed by atoms with Crippen molar-refractivity contribution in [1.29, 1.82) is 0 Å². The first-order chi connectivity index (χ1) is 7.72. The van der Waals surface area contributed by atoms with Crippen LogP contribution in [0.15, 0.2) is 0 Å². The summed E-state index contributed by atoms with van der Waals surface area (Å²) >= 11 is 0. The van der Waals surface area contributed by atoms with E-state index in [0.29, 0.717) is 26.4 Å². The lowest BCUT2D eigenvalue weighted by Crippen LogP contribution is -2.36. The summed E-state index contributed by atoms with van der Waals surface area (Å²) in [7, 11) is 1.89. The van der Waals surface area contributed by atoms with Crippen molar-refractivity contribution in [3.8, 4) is 0 Å². The third kappa shape index (κ3) is 11.9. The van der Waals surface area contributed by atoms with E-state index in [0.717, 1.165) is 13.0 Å². The van der Waals surface area contributed by atoms with Crippen molar-refractivity contribution >= 4 is 18.3 Å². The monoisotopic (exact) mass is 268 g/mol. The minimum absolute atomic E-state index is 0. The minimum atomic E-state index is -0.407. The molecule has 0 heterocycles. The Balaban J connectivity index is 0. The number of halogens is 1. The molecule has 1 amide bonds. The Bertz CT molecular complexity index is 182. The van der Waals surface area contributed by atoms with Gasteiger partial charge in [0.15, 0.2) is 0 Å². The molecule has 0 radical (unpaired) electrons. The number of ether oxygens (including phenoxy) is 2. The van der Waals surface area contributed by atoms with Gasteiger partial charge in [0.2, 0.25) is 5.91 Å². The first kappa shape index (κ1) is 19.0. The fourth-order valence-electron chi connectivity index (χ4n) is 1.12. The maximum Gasteiger partial charge on any atom is 0.248 e. The first-order valence-corrected chi connectivity index (χ1v) is 5.84. The molecule has 0 saturated heterocycles. The fourth-order valence-corrected chi connectivity index (χ4v) is 1.12. The highest BCUT2D eigenvalue weighted by Crippen LogP contribution is 1.91. The molecule has 1 atom stereocenters. The summed E-state index contributed by atoms with van der Waals surface area (Å²) in [6.45, 7) is 6.93. The third-order valence-electron chi connectivity index (χ3n) is 2.07. The Labute approximate surface area is 110 Å². The molecule has 17 heavy (non-hydrogen) atoms. The molecule has 0 fully saturated rings.